The van der Waals surface area contributed by atoms with E-state index in [-0.39, 0.29) is 17.1 Å². The maximum Gasteiger partial charge on any atom is 0.276 e. The highest BCUT2D eigenvalue weighted by atomic mass is 32.2. The van der Waals surface area contributed by atoms with E-state index in [1.165, 1.54) is 38.4 Å². The predicted molar refractivity (Wildman–Crippen MR) is 109 cm³/mol. The molecule has 8 nitrogen and oxygen atoms in total. The summed E-state index contributed by atoms with van der Waals surface area (Å²) in [5.74, 6) is -0.259. The monoisotopic (exact) mass is 419 g/mol. The van der Waals surface area contributed by atoms with E-state index in [0.29, 0.717) is 11.7 Å². The molecule has 156 valence electrons. The highest BCUT2D eigenvalue weighted by Crippen LogP contribution is 2.18. The maximum atomic E-state index is 12.2. The molecule has 0 aliphatic rings. The summed E-state index contributed by atoms with van der Waals surface area (Å²) < 4.78 is 30.8. The second-order valence-corrected chi connectivity index (χ2v) is 8.98. The smallest absolute Gasteiger partial charge is 0.276 e. The minimum Gasteiger partial charge on any atom is -0.484 e. The van der Waals surface area contributed by atoms with Crippen molar-refractivity contribution in [3.63, 3.8) is 0 Å². The summed E-state index contributed by atoms with van der Waals surface area (Å²) in [7, 11) is -0.863. The maximum absolute atomic E-state index is 12.2. The normalized spacial score (nSPS) is 11.4. The number of carbonyl (C=O) groups is 2. The van der Waals surface area contributed by atoms with Gasteiger partial charge in [-0.1, -0.05) is 32.0 Å². The number of sulfonamides is 1. The Morgan fingerprint density at radius 1 is 1.03 bits per heavy atom. The first kappa shape index (κ1) is 22.4. The van der Waals surface area contributed by atoms with Gasteiger partial charge in [-0.25, -0.2) is 12.7 Å². The number of nitrogens with one attached hydrogen (secondary N) is 2. The summed E-state index contributed by atoms with van der Waals surface area (Å²) in [5.41, 5.74) is 5.73. The Morgan fingerprint density at radius 2 is 1.69 bits per heavy atom. The molecule has 0 aliphatic carbocycles. The molecule has 2 rings (SSSR count). The summed E-state index contributed by atoms with van der Waals surface area (Å²) >= 11 is 0. The van der Waals surface area contributed by atoms with Crippen LogP contribution in [0.25, 0.3) is 0 Å². The fourth-order valence-electron chi connectivity index (χ4n) is 2.34. The van der Waals surface area contributed by atoms with E-state index in [2.05, 4.69) is 24.7 Å². The van der Waals surface area contributed by atoms with E-state index < -0.39 is 21.8 Å². The van der Waals surface area contributed by atoms with Crippen LogP contribution in [0, 0.1) is 0 Å². The van der Waals surface area contributed by atoms with Crippen molar-refractivity contribution in [3.05, 3.63) is 59.7 Å². The van der Waals surface area contributed by atoms with Gasteiger partial charge >= 0.3 is 0 Å². The fraction of sp³-hybridized carbons (Fsp3) is 0.300. The lowest BCUT2D eigenvalue weighted by atomic mass is 10.0. The van der Waals surface area contributed by atoms with Gasteiger partial charge in [-0.2, -0.15) is 0 Å². The van der Waals surface area contributed by atoms with Gasteiger partial charge < -0.3 is 4.74 Å². The largest absolute Gasteiger partial charge is 0.484 e. The molecule has 0 fully saturated rings. The SMILES string of the molecule is CC(C)c1ccc(OCC(=O)NNC(=O)c2cccc(S(=O)(=O)N(C)C)c2)cc1. The van der Waals surface area contributed by atoms with E-state index in [0.717, 1.165) is 9.87 Å². The molecule has 0 radical (unpaired) electrons. The van der Waals surface area contributed by atoms with Crippen LogP contribution in [-0.2, 0) is 14.8 Å². The standard InChI is InChI=1S/C20H25N3O5S/c1-14(2)15-8-10-17(11-9-15)28-13-19(24)21-22-20(25)16-6-5-7-18(12-16)29(26,27)23(3)4/h5-12,14H,13H2,1-4H3,(H,21,24)(H,22,25). The topological polar surface area (TPSA) is 105 Å². The number of hydrazine groups is 1. The van der Waals surface area contributed by atoms with Gasteiger partial charge in [-0.3, -0.25) is 20.4 Å². The number of rotatable bonds is 7. The van der Waals surface area contributed by atoms with Gasteiger partial charge in [0.15, 0.2) is 6.61 Å². The molecule has 2 aromatic rings. The molecule has 29 heavy (non-hydrogen) atoms. The average molecular weight is 420 g/mol. The van der Waals surface area contributed by atoms with Gasteiger partial charge in [0.2, 0.25) is 10.0 Å². The van der Waals surface area contributed by atoms with Crippen molar-refractivity contribution in [1.29, 1.82) is 0 Å². The third-order valence-corrected chi connectivity index (χ3v) is 5.92. The molecule has 0 aliphatic heterocycles. The molecular weight excluding hydrogens is 394 g/mol. The fourth-order valence-corrected chi connectivity index (χ4v) is 3.29. The van der Waals surface area contributed by atoms with Crippen LogP contribution in [0.1, 0.15) is 35.7 Å². The molecule has 2 amide bonds. The van der Waals surface area contributed by atoms with Gasteiger partial charge in [-0.05, 0) is 41.8 Å². The zero-order valence-electron chi connectivity index (χ0n) is 16.8. The zero-order valence-corrected chi connectivity index (χ0v) is 17.6. The number of carbonyl (C=O) groups excluding carboxylic acids is 2. The molecular formula is C20H25N3O5S. The third-order valence-electron chi connectivity index (χ3n) is 4.11. The lowest BCUT2D eigenvalue weighted by Gasteiger charge is -2.13. The molecule has 0 saturated carbocycles. The van der Waals surface area contributed by atoms with Crippen molar-refractivity contribution in [2.24, 2.45) is 0 Å². The van der Waals surface area contributed by atoms with Crippen LogP contribution < -0.4 is 15.6 Å². The van der Waals surface area contributed by atoms with Gasteiger partial charge in [0.25, 0.3) is 11.8 Å². The Kier molecular flexibility index (Phi) is 7.35. The number of hydrogen-bond acceptors (Lipinski definition) is 5. The van der Waals surface area contributed by atoms with Gasteiger partial charge in [-0.15, -0.1) is 0 Å². The lowest BCUT2D eigenvalue weighted by molar-refractivity contribution is -0.123. The Morgan fingerprint density at radius 3 is 2.28 bits per heavy atom. The summed E-state index contributed by atoms with van der Waals surface area (Å²) in [6, 6.07) is 12.9. The number of ether oxygens (including phenoxy) is 1. The first-order valence-electron chi connectivity index (χ1n) is 8.96. The van der Waals surface area contributed by atoms with E-state index in [1.54, 1.807) is 12.1 Å². The molecule has 0 saturated heterocycles. The summed E-state index contributed by atoms with van der Waals surface area (Å²) in [5, 5.41) is 0. The molecule has 0 unspecified atom stereocenters. The zero-order chi connectivity index (χ0) is 21.6. The Bertz CT molecular complexity index is 970. The van der Waals surface area contributed by atoms with Crippen LogP contribution in [-0.4, -0.2) is 45.2 Å². The van der Waals surface area contributed by atoms with Crippen LogP contribution >= 0.6 is 0 Å². The van der Waals surface area contributed by atoms with Gasteiger partial charge in [0.1, 0.15) is 5.75 Å². The Hall–Kier alpha value is -2.91. The van der Waals surface area contributed by atoms with Gasteiger partial charge in [0, 0.05) is 19.7 Å². The number of nitrogens with zero attached hydrogens (tertiary/aromatic N) is 1. The van der Waals surface area contributed by atoms with Crippen LogP contribution in [0.2, 0.25) is 0 Å². The minimum atomic E-state index is -3.67. The molecule has 0 spiro atoms. The van der Waals surface area contributed by atoms with Crippen molar-refractivity contribution in [1.82, 2.24) is 15.2 Å². The summed E-state index contributed by atoms with van der Waals surface area (Å²) in [4.78, 5) is 24.1. The quantitative estimate of drug-likeness (QED) is 0.667. The molecule has 0 bridgehead atoms. The number of amides is 2. The molecule has 0 heterocycles. The van der Waals surface area contributed by atoms with Crippen LogP contribution in [0.5, 0.6) is 5.75 Å². The third kappa shape index (κ3) is 6.03. The number of hydrogen-bond donors (Lipinski definition) is 2. The van der Waals surface area contributed by atoms with Crippen molar-refractivity contribution < 1.29 is 22.7 Å². The first-order chi connectivity index (χ1) is 13.6. The highest BCUT2D eigenvalue weighted by molar-refractivity contribution is 7.89. The average Bonchev–Trinajstić information content (AvgIpc) is 2.70. The second-order valence-electron chi connectivity index (χ2n) is 6.83. The van der Waals surface area contributed by atoms with E-state index in [1.807, 2.05) is 12.1 Å². The predicted octanol–water partition coefficient (Wildman–Crippen LogP) is 1.90. The minimum absolute atomic E-state index is 0.0188. The molecule has 0 atom stereocenters. The molecule has 9 heteroatoms. The van der Waals surface area contributed by atoms with Gasteiger partial charge in [0.05, 0.1) is 4.90 Å². The molecule has 0 aromatic heterocycles. The molecule has 2 N–H and O–H groups in total. The Labute approximate surface area is 170 Å². The van der Waals surface area contributed by atoms with Crippen molar-refractivity contribution in [3.8, 4) is 5.75 Å². The van der Waals surface area contributed by atoms with Crippen molar-refractivity contribution >= 4 is 21.8 Å². The molecule has 2 aromatic carbocycles. The van der Waals surface area contributed by atoms with Crippen molar-refractivity contribution in [2.75, 3.05) is 20.7 Å². The van der Waals surface area contributed by atoms with E-state index in [9.17, 15) is 18.0 Å². The summed E-state index contributed by atoms with van der Waals surface area (Å²) in [6.45, 7) is 3.88. The van der Waals surface area contributed by atoms with Crippen LogP contribution in [0.4, 0.5) is 0 Å². The van der Waals surface area contributed by atoms with Crippen molar-refractivity contribution in [2.45, 2.75) is 24.7 Å². The Balaban J connectivity index is 1.89. The lowest BCUT2D eigenvalue weighted by Crippen LogP contribution is -2.43. The first-order valence-corrected chi connectivity index (χ1v) is 10.4. The number of benzene rings is 2. The van der Waals surface area contributed by atoms with E-state index in [4.69, 9.17) is 4.74 Å². The highest BCUT2D eigenvalue weighted by Gasteiger charge is 2.19. The van der Waals surface area contributed by atoms with E-state index >= 15 is 0 Å². The summed E-state index contributed by atoms with van der Waals surface area (Å²) in [6.07, 6.45) is 0. The second kappa shape index (κ2) is 9.53. The van der Waals surface area contributed by atoms with Crippen LogP contribution in [0.15, 0.2) is 53.4 Å². The van der Waals surface area contributed by atoms with Crippen LogP contribution in [0.3, 0.4) is 0 Å².